The summed E-state index contributed by atoms with van der Waals surface area (Å²) in [6, 6.07) is 21.8. The molecule has 186 valence electrons. The molecule has 4 rings (SSSR count). The fourth-order valence-corrected chi connectivity index (χ4v) is 4.87. The zero-order valence-corrected chi connectivity index (χ0v) is 21.5. The van der Waals surface area contributed by atoms with Crippen molar-refractivity contribution in [2.45, 2.75) is 18.1 Å². The molecular weight excluding hydrogens is 498 g/mol. The predicted molar refractivity (Wildman–Crippen MR) is 145 cm³/mol. The Kier molecular flexibility index (Phi) is 8.51. The number of hydrogen-bond donors (Lipinski definition) is 1. The highest BCUT2D eigenvalue weighted by Crippen LogP contribution is 2.31. The van der Waals surface area contributed by atoms with E-state index in [1.807, 2.05) is 36.4 Å². The van der Waals surface area contributed by atoms with Gasteiger partial charge in [-0.1, -0.05) is 35.5 Å². The molecule has 2 amide bonds. The van der Waals surface area contributed by atoms with Crippen molar-refractivity contribution in [3.05, 3.63) is 83.4 Å². The van der Waals surface area contributed by atoms with Gasteiger partial charge in [0.15, 0.2) is 5.17 Å². The lowest BCUT2D eigenvalue weighted by atomic mass is 10.1. The number of amides is 2. The van der Waals surface area contributed by atoms with Gasteiger partial charge in [-0.25, -0.2) is 4.99 Å². The van der Waals surface area contributed by atoms with E-state index in [0.29, 0.717) is 46.0 Å². The van der Waals surface area contributed by atoms with Crippen molar-refractivity contribution in [1.82, 2.24) is 4.90 Å². The second-order valence-corrected chi connectivity index (χ2v) is 9.65. The molecule has 0 aromatic heterocycles. The summed E-state index contributed by atoms with van der Waals surface area (Å²) in [5.74, 6) is 1.01. The van der Waals surface area contributed by atoms with Crippen LogP contribution in [-0.2, 0) is 16.0 Å². The molecule has 1 N–H and O–H groups in total. The van der Waals surface area contributed by atoms with Crippen LogP contribution in [0.2, 0.25) is 5.02 Å². The second-order valence-electron chi connectivity index (χ2n) is 8.04. The van der Waals surface area contributed by atoms with Crippen LogP contribution >= 0.6 is 23.4 Å². The third kappa shape index (κ3) is 6.59. The number of carbonyl (C=O) groups is 2. The predicted octanol–water partition coefficient (Wildman–Crippen LogP) is 5.56. The quantitative estimate of drug-likeness (QED) is 0.418. The molecule has 0 bridgehead atoms. The van der Waals surface area contributed by atoms with Crippen molar-refractivity contribution in [1.29, 1.82) is 0 Å². The number of benzene rings is 3. The largest absolute Gasteiger partial charge is 0.497 e. The van der Waals surface area contributed by atoms with Crippen molar-refractivity contribution >= 4 is 51.7 Å². The molecule has 9 heteroatoms. The molecule has 36 heavy (non-hydrogen) atoms. The van der Waals surface area contributed by atoms with Crippen LogP contribution in [-0.4, -0.2) is 47.9 Å². The first-order chi connectivity index (χ1) is 17.4. The number of thioether (sulfide) groups is 1. The van der Waals surface area contributed by atoms with E-state index in [-0.39, 0.29) is 18.2 Å². The number of halogens is 1. The zero-order valence-electron chi connectivity index (χ0n) is 19.9. The van der Waals surface area contributed by atoms with Gasteiger partial charge in [-0.15, -0.1) is 0 Å². The number of amidine groups is 1. The maximum Gasteiger partial charge on any atom is 0.238 e. The summed E-state index contributed by atoms with van der Waals surface area (Å²) in [6.45, 7) is 0.440. The average molecular weight is 524 g/mol. The molecule has 3 aromatic carbocycles. The molecule has 1 fully saturated rings. The Morgan fingerprint density at radius 1 is 1.00 bits per heavy atom. The molecule has 1 aliphatic heterocycles. The Bertz CT molecular complexity index is 1230. The van der Waals surface area contributed by atoms with Crippen LogP contribution in [0.15, 0.2) is 77.8 Å². The van der Waals surface area contributed by atoms with Gasteiger partial charge < -0.3 is 14.8 Å². The van der Waals surface area contributed by atoms with Gasteiger partial charge in [-0.2, -0.15) is 0 Å². The van der Waals surface area contributed by atoms with E-state index in [4.69, 9.17) is 26.1 Å². The minimum atomic E-state index is -0.608. The van der Waals surface area contributed by atoms with Crippen molar-refractivity contribution in [2.24, 2.45) is 4.99 Å². The minimum Gasteiger partial charge on any atom is -0.497 e. The second kappa shape index (κ2) is 12.0. The number of anilines is 1. The summed E-state index contributed by atoms with van der Waals surface area (Å²) < 4.78 is 10.4. The van der Waals surface area contributed by atoms with Gasteiger partial charge in [0, 0.05) is 23.7 Å². The van der Waals surface area contributed by atoms with E-state index < -0.39 is 5.25 Å². The third-order valence-corrected chi connectivity index (χ3v) is 7.06. The van der Waals surface area contributed by atoms with Gasteiger partial charge in [0.05, 0.1) is 19.9 Å². The summed E-state index contributed by atoms with van der Waals surface area (Å²) in [5, 5.41) is 3.43. The molecule has 3 aromatic rings. The monoisotopic (exact) mass is 523 g/mol. The average Bonchev–Trinajstić information content (AvgIpc) is 2.90. The number of ether oxygens (including phenoxy) is 2. The fraction of sp³-hybridized carbons (Fsp3) is 0.222. The smallest absolute Gasteiger partial charge is 0.238 e. The molecule has 7 nitrogen and oxygen atoms in total. The van der Waals surface area contributed by atoms with E-state index in [1.54, 1.807) is 55.5 Å². The van der Waals surface area contributed by atoms with Crippen LogP contribution in [0.4, 0.5) is 11.4 Å². The molecule has 0 aliphatic carbocycles. The lowest BCUT2D eigenvalue weighted by Crippen LogP contribution is -2.46. The fourth-order valence-electron chi connectivity index (χ4n) is 3.62. The third-order valence-electron chi connectivity index (χ3n) is 5.62. The molecule has 1 aliphatic rings. The number of aliphatic imine (C=N–C) groups is 1. The van der Waals surface area contributed by atoms with E-state index in [9.17, 15) is 9.59 Å². The topological polar surface area (TPSA) is 80.2 Å². The number of nitrogens with one attached hydrogen (secondary N) is 1. The van der Waals surface area contributed by atoms with Crippen LogP contribution in [0.5, 0.6) is 11.5 Å². The van der Waals surface area contributed by atoms with Crippen LogP contribution < -0.4 is 14.8 Å². The highest BCUT2D eigenvalue weighted by Gasteiger charge is 2.35. The molecule has 0 spiro atoms. The van der Waals surface area contributed by atoms with Gasteiger partial charge in [-0.3, -0.25) is 14.5 Å². The molecule has 1 saturated heterocycles. The first-order valence-electron chi connectivity index (χ1n) is 11.3. The van der Waals surface area contributed by atoms with Crippen molar-refractivity contribution in [3.8, 4) is 11.5 Å². The minimum absolute atomic E-state index is 0.0783. The number of rotatable bonds is 8. The van der Waals surface area contributed by atoms with Gasteiger partial charge in [0.25, 0.3) is 0 Å². The van der Waals surface area contributed by atoms with Gasteiger partial charge in [-0.05, 0) is 72.6 Å². The van der Waals surface area contributed by atoms with Gasteiger partial charge >= 0.3 is 0 Å². The normalized spacial score (nSPS) is 16.6. The standard InChI is InChI=1S/C27H26ClN3O4S/c1-34-22-11-7-20(8-12-22)29-26(33)24-17-25(32)31(16-15-18-3-5-19(28)6-4-18)27(36-24)30-21-9-13-23(35-2)14-10-21/h3-14,24H,15-17H2,1-2H3,(H,29,33). The summed E-state index contributed by atoms with van der Waals surface area (Å²) >= 11 is 7.28. The maximum atomic E-state index is 13.2. The SMILES string of the molecule is COc1ccc(N=C2SC(C(=O)Nc3ccc(OC)cc3)CC(=O)N2CCc2ccc(Cl)cc2)cc1. The Morgan fingerprint density at radius 2 is 1.61 bits per heavy atom. The van der Waals surface area contributed by atoms with Gasteiger partial charge in [0.1, 0.15) is 16.7 Å². The molecular formula is C27H26ClN3O4S. The molecule has 1 unspecified atom stereocenters. The number of methoxy groups -OCH3 is 2. The zero-order chi connectivity index (χ0) is 25.5. The molecule has 1 atom stereocenters. The van der Waals surface area contributed by atoms with E-state index >= 15 is 0 Å². The Hall–Kier alpha value is -3.49. The van der Waals surface area contributed by atoms with E-state index in [2.05, 4.69) is 5.32 Å². The Balaban J connectivity index is 1.53. The first kappa shape index (κ1) is 25.6. The number of carbonyl (C=O) groups excluding carboxylic acids is 2. The highest BCUT2D eigenvalue weighted by atomic mass is 35.5. The molecule has 0 radical (unpaired) electrons. The van der Waals surface area contributed by atoms with Crippen LogP contribution in [0, 0.1) is 0 Å². The van der Waals surface area contributed by atoms with E-state index in [0.717, 1.165) is 5.56 Å². The van der Waals surface area contributed by atoms with Gasteiger partial charge in [0.2, 0.25) is 11.8 Å². The van der Waals surface area contributed by atoms with Crippen LogP contribution in [0.25, 0.3) is 0 Å². The molecule has 1 heterocycles. The van der Waals surface area contributed by atoms with Crippen molar-refractivity contribution in [2.75, 3.05) is 26.1 Å². The van der Waals surface area contributed by atoms with Crippen molar-refractivity contribution in [3.63, 3.8) is 0 Å². The number of hydrogen-bond acceptors (Lipinski definition) is 6. The highest BCUT2D eigenvalue weighted by molar-refractivity contribution is 8.15. The lowest BCUT2D eigenvalue weighted by molar-refractivity contribution is -0.129. The molecule has 0 saturated carbocycles. The lowest BCUT2D eigenvalue weighted by Gasteiger charge is -2.32. The summed E-state index contributed by atoms with van der Waals surface area (Å²) in [6.07, 6.45) is 0.711. The van der Waals surface area contributed by atoms with Crippen molar-refractivity contribution < 1.29 is 19.1 Å². The summed E-state index contributed by atoms with van der Waals surface area (Å²) in [7, 11) is 3.18. The van der Waals surface area contributed by atoms with E-state index in [1.165, 1.54) is 11.8 Å². The Morgan fingerprint density at radius 3 is 2.22 bits per heavy atom. The van der Waals surface area contributed by atoms with Crippen LogP contribution in [0.3, 0.4) is 0 Å². The Labute approximate surface area is 219 Å². The summed E-state index contributed by atoms with van der Waals surface area (Å²) in [4.78, 5) is 32.6. The summed E-state index contributed by atoms with van der Waals surface area (Å²) in [5.41, 5.74) is 2.35. The van der Waals surface area contributed by atoms with Crippen LogP contribution in [0.1, 0.15) is 12.0 Å². The number of nitrogens with zero attached hydrogens (tertiary/aromatic N) is 2. The maximum absolute atomic E-state index is 13.2. The first-order valence-corrected chi connectivity index (χ1v) is 12.6.